The third-order valence-electron chi connectivity index (χ3n) is 2.97. The molecule has 0 radical (unpaired) electrons. The highest BCUT2D eigenvalue weighted by molar-refractivity contribution is 7.99. The Morgan fingerprint density at radius 2 is 1.90 bits per heavy atom. The fourth-order valence-electron chi connectivity index (χ4n) is 2.11. The molecule has 2 rings (SSSR count). The van der Waals surface area contributed by atoms with Crippen LogP contribution in [0.4, 0.5) is 4.79 Å². The summed E-state index contributed by atoms with van der Waals surface area (Å²) in [6, 6.07) is 8.54. The van der Waals surface area contributed by atoms with Gasteiger partial charge in [0.2, 0.25) is 0 Å². The van der Waals surface area contributed by atoms with Crippen molar-refractivity contribution in [3.05, 3.63) is 35.9 Å². The van der Waals surface area contributed by atoms with Gasteiger partial charge in [-0.05, 0) is 26.3 Å². The Morgan fingerprint density at radius 3 is 2.43 bits per heavy atom. The number of carbonyl (C=O) groups excluding carboxylic acids is 1. The van der Waals surface area contributed by atoms with E-state index in [0.717, 1.165) is 5.56 Å². The monoisotopic (exact) mass is 309 g/mol. The van der Waals surface area contributed by atoms with E-state index in [-0.39, 0.29) is 5.37 Å². The van der Waals surface area contributed by atoms with Gasteiger partial charge in [-0.15, -0.1) is 11.8 Å². The lowest BCUT2D eigenvalue weighted by Crippen LogP contribution is -2.45. The fourth-order valence-corrected chi connectivity index (χ4v) is 3.52. The van der Waals surface area contributed by atoms with E-state index in [4.69, 9.17) is 4.74 Å². The van der Waals surface area contributed by atoms with Gasteiger partial charge >= 0.3 is 12.1 Å². The Morgan fingerprint density at radius 1 is 1.29 bits per heavy atom. The van der Waals surface area contributed by atoms with Crippen LogP contribution >= 0.6 is 11.8 Å². The van der Waals surface area contributed by atoms with Gasteiger partial charge in [0.15, 0.2) is 0 Å². The molecule has 6 heteroatoms. The molecule has 0 saturated carbocycles. The van der Waals surface area contributed by atoms with Crippen molar-refractivity contribution in [1.82, 2.24) is 4.90 Å². The number of carboxylic acid groups (broad SMARTS) is 1. The van der Waals surface area contributed by atoms with Crippen molar-refractivity contribution in [2.24, 2.45) is 0 Å². The number of benzene rings is 1. The summed E-state index contributed by atoms with van der Waals surface area (Å²) in [6.07, 6.45) is -0.589. The van der Waals surface area contributed by atoms with Crippen molar-refractivity contribution >= 4 is 23.8 Å². The zero-order chi connectivity index (χ0) is 15.6. The van der Waals surface area contributed by atoms with Gasteiger partial charge in [0.1, 0.15) is 17.0 Å². The van der Waals surface area contributed by atoms with E-state index >= 15 is 0 Å². The molecular formula is C15H19NO4S. The second kappa shape index (κ2) is 5.97. The summed E-state index contributed by atoms with van der Waals surface area (Å²) < 4.78 is 5.36. The van der Waals surface area contributed by atoms with E-state index in [2.05, 4.69) is 0 Å². The van der Waals surface area contributed by atoms with Crippen LogP contribution in [-0.2, 0) is 9.53 Å². The molecule has 1 saturated heterocycles. The number of nitrogens with zero attached hydrogens (tertiary/aromatic N) is 1. The minimum absolute atomic E-state index is 0.331. The average molecular weight is 309 g/mol. The van der Waals surface area contributed by atoms with Gasteiger partial charge in [-0.2, -0.15) is 0 Å². The molecule has 114 valence electrons. The summed E-state index contributed by atoms with van der Waals surface area (Å²) in [5, 5.41) is 9.00. The summed E-state index contributed by atoms with van der Waals surface area (Å²) >= 11 is 1.44. The number of rotatable bonds is 2. The predicted octanol–water partition coefficient (Wildman–Crippen LogP) is 3.12. The van der Waals surface area contributed by atoms with Gasteiger partial charge in [-0.3, -0.25) is 4.90 Å². The fraction of sp³-hybridized carbons (Fsp3) is 0.467. The standard InChI is InChI=1S/C15H19NO4S/c1-15(2,3)20-14(19)16-11(13(17)18)9-21-12(16)10-7-5-4-6-8-10/h4-8,11-12H,9H2,1-3H3,(H,17,18)/t11-,12?/m0/s1. The SMILES string of the molecule is CC(C)(C)OC(=O)N1C(c2ccccc2)SC[C@H]1C(=O)O. The van der Waals surface area contributed by atoms with E-state index in [1.54, 1.807) is 20.8 Å². The van der Waals surface area contributed by atoms with Crippen molar-refractivity contribution < 1.29 is 19.4 Å². The summed E-state index contributed by atoms with van der Waals surface area (Å²) in [5.41, 5.74) is 0.242. The number of ether oxygens (including phenoxy) is 1. The molecule has 0 aliphatic carbocycles. The van der Waals surface area contributed by atoms with Crippen LogP contribution in [0.2, 0.25) is 0 Å². The summed E-state index contributed by atoms with van der Waals surface area (Å²) in [7, 11) is 0. The smallest absolute Gasteiger partial charge is 0.412 e. The molecule has 21 heavy (non-hydrogen) atoms. The van der Waals surface area contributed by atoms with Gasteiger partial charge < -0.3 is 9.84 Å². The van der Waals surface area contributed by atoms with Crippen LogP contribution in [0.5, 0.6) is 0 Å². The zero-order valence-electron chi connectivity index (χ0n) is 12.3. The quantitative estimate of drug-likeness (QED) is 0.909. The van der Waals surface area contributed by atoms with Crippen molar-refractivity contribution in [3.8, 4) is 0 Å². The molecular weight excluding hydrogens is 290 g/mol. The molecule has 1 unspecified atom stereocenters. The molecule has 1 aromatic carbocycles. The third-order valence-corrected chi connectivity index (χ3v) is 4.30. The van der Waals surface area contributed by atoms with Crippen LogP contribution in [0.15, 0.2) is 30.3 Å². The third kappa shape index (κ3) is 3.69. The predicted molar refractivity (Wildman–Crippen MR) is 81.1 cm³/mol. The molecule has 1 N–H and O–H groups in total. The summed E-state index contributed by atoms with van der Waals surface area (Å²) in [6.45, 7) is 5.30. The molecule has 5 nitrogen and oxygen atoms in total. The van der Waals surface area contributed by atoms with Crippen LogP contribution in [0.1, 0.15) is 31.7 Å². The highest BCUT2D eigenvalue weighted by Crippen LogP contribution is 2.42. The van der Waals surface area contributed by atoms with Crippen molar-refractivity contribution in [2.75, 3.05) is 5.75 Å². The number of hydrogen-bond acceptors (Lipinski definition) is 4. The number of hydrogen-bond donors (Lipinski definition) is 1. The maximum atomic E-state index is 12.4. The average Bonchev–Trinajstić information content (AvgIpc) is 2.82. The van der Waals surface area contributed by atoms with Crippen molar-refractivity contribution in [1.29, 1.82) is 0 Å². The summed E-state index contributed by atoms with van der Waals surface area (Å²) in [5.74, 6) is -0.652. The molecule has 1 fully saturated rings. The Hall–Kier alpha value is -1.69. The van der Waals surface area contributed by atoms with Crippen LogP contribution in [0, 0.1) is 0 Å². The molecule has 0 bridgehead atoms. The second-order valence-electron chi connectivity index (χ2n) is 5.84. The maximum absolute atomic E-state index is 12.4. The molecule has 2 atom stereocenters. The Balaban J connectivity index is 2.29. The molecule has 1 heterocycles. The highest BCUT2D eigenvalue weighted by atomic mass is 32.2. The highest BCUT2D eigenvalue weighted by Gasteiger charge is 2.44. The molecule has 1 aliphatic rings. The van der Waals surface area contributed by atoms with E-state index in [0.29, 0.717) is 5.75 Å². The largest absolute Gasteiger partial charge is 0.480 e. The van der Waals surface area contributed by atoms with E-state index in [9.17, 15) is 14.7 Å². The topological polar surface area (TPSA) is 66.8 Å². The number of aliphatic carboxylic acids is 1. The Bertz CT molecular complexity index is 526. The van der Waals surface area contributed by atoms with E-state index in [1.807, 2.05) is 30.3 Å². The molecule has 0 spiro atoms. The first-order valence-electron chi connectivity index (χ1n) is 6.70. The zero-order valence-corrected chi connectivity index (χ0v) is 13.1. The molecule has 0 aromatic heterocycles. The van der Waals surface area contributed by atoms with Gasteiger partial charge in [0.05, 0.1) is 0 Å². The van der Waals surface area contributed by atoms with Gasteiger partial charge in [0.25, 0.3) is 0 Å². The summed E-state index contributed by atoms with van der Waals surface area (Å²) in [4.78, 5) is 25.1. The van der Waals surface area contributed by atoms with Crippen molar-refractivity contribution in [3.63, 3.8) is 0 Å². The van der Waals surface area contributed by atoms with Gasteiger partial charge in [-0.1, -0.05) is 30.3 Å². The lowest BCUT2D eigenvalue weighted by molar-refractivity contribution is -0.142. The second-order valence-corrected chi connectivity index (χ2v) is 6.95. The maximum Gasteiger partial charge on any atom is 0.412 e. The van der Waals surface area contributed by atoms with E-state index in [1.165, 1.54) is 16.7 Å². The molecule has 1 amide bonds. The number of amides is 1. The minimum Gasteiger partial charge on any atom is -0.480 e. The number of carboxylic acids is 1. The van der Waals surface area contributed by atoms with Gasteiger partial charge in [-0.25, -0.2) is 9.59 Å². The van der Waals surface area contributed by atoms with E-state index < -0.39 is 23.7 Å². The van der Waals surface area contributed by atoms with Crippen LogP contribution in [0.3, 0.4) is 0 Å². The molecule has 1 aliphatic heterocycles. The lowest BCUT2D eigenvalue weighted by atomic mass is 10.2. The Labute approximate surface area is 128 Å². The van der Waals surface area contributed by atoms with Gasteiger partial charge in [0, 0.05) is 5.75 Å². The first kappa shape index (κ1) is 15.7. The van der Waals surface area contributed by atoms with Crippen LogP contribution in [-0.4, -0.2) is 39.5 Å². The minimum atomic E-state index is -1.01. The number of carbonyl (C=O) groups is 2. The van der Waals surface area contributed by atoms with Crippen molar-refractivity contribution in [2.45, 2.75) is 37.8 Å². The first-order valence-corrected chi connectivity index (χ1v) is 7.75. The van der Waals surface area contributed by atoms with Crippen LogP contribution < -0.4 is 0 Å². The number of thioether (sulfide) groups is 1. The first-order chi connectivity index (χ1) is 9.79. The molecule has 1 aromatic rings. The van der Waals surface area contributed by atoms with Crippen LogP contribution in [0.25, 0.3) is 0 Å². The lowest BCUT2D eigenvalue weighted by Gasteiger charge is -2.30. The Kier molecular flexibility index (Phi) is 4.46. The normalized spacial score (nSPS) is 22.1.